The largest absolute Gasteiger partial charge is 0.491 e. The van der Waals surface area contributed by atoms with Gasteiger partial charge in [-0.25, -0.2) is 9.69 Å². The molecule has 1 unspecified atom stereocenters. The second-order valence-corrected chi connectivity index (χ2v) is 9.55. The lowest BCUT2D eigenvalue weighted by Crippen LogP contribution is -2.59. The summed E-state index contributed by atoms with van der Waals surface area (Å²) in [5.41, 5.74) is -0.715. The van der Waals surface area contributed by atoms with Crippen molar-refractivity contribution >= 4 is 23.5 Å². The highest BCUT2D eigenvalue weighted by molar-refractivity contribution is 6.32. The summed E-state index contributed by atoms with van der Waals surface area (Å²) in [7, 11) is 0. The van der Waals surface area contributed by atoms with Gasteiger partial charge < -0.3 is 10.1 Å². The Morgan fingerprint density at radius 3 is 2.39 bits per heavy atom. The SMILES string of the molecule is C[C@@H]1CCC[C@H](C)C12NC(=O)N(CN1CCN(CCOc3ccccc3Cl)CC1)C2=O. The number of piperazine rings is 1. The summed E-state index contributed by atoms with van der Waals surface area (Å²) in [5, 5.41) is 3.71. The van der Waals surface area contributed by atoms with Crippen molar-refractivity contribution in [2.45, 2.75) is 38.6 Å². The third-order valence-corrected chi connectivity index (χ3v) is 7.61. The van der Waals surface area contributed by atoms with Crippen LogP contribution < -0.4 is 10.1 Å². The van der Waals surface area contributed by atoms with Crippen molar-refractivity contribution in [1.82, 2.24) is 20.0 Å². The van der Waals surface area contributed by atoms with Gasteiger partial charge in [0.15, 0.2) is 0 Å². The number of nitrogens with zero attached hydrogens (tertiary/aromatic N) is 3. The molecule has 0 bridgehead atoms. The fourth-order valence-corrected chi connectivity index (χ4v) is 5.47. The van der Waals surface area contributed by atoms with Gasteiger partial charge in [-0.15, -0.1) is 0 Å². The molecular weight excluding hydrogens is 416 g/mol. The molecule has 1 N–H and O–H groups in total. The first-order valence-electron chi connectivity index (χ1n) is 11.4. The number of nitrogens with one attached hydrogen (secondary N) is 1. The maximum atomic E-state index is 13.3. The molecule has 1 aromatic carbocycles. The van der Waals surface area contributed by atoms with Crippen LogP contribution in [0.1, 0.15) is 33.1 Å². The molecule has 8 heteroatoms. The van der Waals surface area contributed by atoms with E-state index in [9.17, 15) is 9.59 Å². The summed E-state index contributed by atoms with van der Waals surface area (Å²) in [6, 6.07) is 7.26. The minimum Gasteiger partial charge on any atom is -0.491 e. The standard InChI is InChI=1S/C23H33ClN4O3/c1-17-6-5-7-18(2)23(17)21(29)28(22(30)25-23)16-27-12-10-26(11-13-27)14-15-31-20-9-4-3-8-19(20)24/h3-4,8-9,17-18H,5-7,10-16H2,1-2H3,(H,25,30)/t17-,18+,23?. The van der Waals surface area contributed by atoms with Gasteiger partial charge >= 0.3 is 6.03 Å². The van der Waals surface area contributed by atoms with Crippen molar-refractivity contribution in [3.8, 4) is 5.75 Å². The molecule has 0 radical (unpaired) electrons. The van der Waals surface area contributed by atoms with E-state index in [1.807, 2.05) is 24.3 Å². The van der Waals surface area contributed by atoms with E-state index in [1.165, 1.54) is 4.90 Å². The van der Waals surface area contributed by atoms with Crippen molar-refractivity contribution in [3.05, 3.63) is 29.3 Å². The average Bonchev–Trinajstić information content (AvgIpc) is 3.00. The molecule has 1 saturated carbocycles. The van der Waals surface area contributed by atoms with Crippen LogP contribution in [0, 0.1) is 11.8 Å². The first kappa shape index (κ1) is 22.4. The number of ether oxygens (including phenoxy) is 1. The van der Waals surface area contributed by atoms with E-state index < -0.39 is 5.54 Å². The van der Waals surface area contributed by atoms with Crippen molar-refractivity contribution < 1.29 is 14.3 Å². The lowest BCUT2D eigenvalue weighted by molar-refractivity contribution is -0.138. The Bertz CT molecular complexity index is 802. The van der Waals surface area contributed by atoms with Crippen LogP contribution in [-0.2, 0) is 4.79 Å². The second kappa shape index (κ2) is 9.35. The van der Waals surface area contributed by atoms with Gasteiger partial charge in [-0.05, 0) is 36.8 Å². The Labute approximate surface area is 189 Å². The first-order valence-corrected chi connectivity index (χ1v) is 11.8. The normalized spacial score (nSPS) is 30.1. The van der Waals surface area contributed by atoms with Gasteiger partial charge in [0.25, 0.3) is 5.91 Å². The number of carbonyl (C=O) groups is 2. The predicted molar refractivity (Wildman–Crippen MR) is 120 cm³/mol. The summed E-state index contributed by atoms with van der Waals surface area (Å²) in [6.07, 6.45) is 3.09. The number of rotatable bonds is 6. The minimum absolute atomic E-state index is 0.0345. The molecule has 1 aliphatic carbocycles. The smallest absolute Gasteiger partial charge is 0.326 e. The number of imide groups is 1. The van der Waals surface area contributed by atoms with Crippen LogP contribution in [0.3, 0.4) is 0 Å². The Balaban J connectivity index is 1.26. The van der Waals surface area contributed by atoms with E-state index in [0.717, 1.165) is 52.0 Å². The quantitative estimate of drug-likeness (QED) is 0.677. The summed E-state index contributed by atoms with van der Waals surface area (Å²) < 4.78 is 5.79. The highest BCUT2D eigenvalue weighted by Crippen LogP contribution is 2.42. The van der Waals surface area contributed by atoms with Crippen LogP contribution >= 0.6 is 11.6 Å². The monoisotopic (exact) mass is 448 g/mol. The predicted octanol–water partition coefficient (Wildman–Crippen LogP) is 3.04. The summed E-state index contributed by atoms with van der Waals surface area (Å²) in [6.45, 7) is 9.37. The van der Waals surface area contributed by atoms with Crippen LogP contribution in [0.4, 0.5) is 4.79 Å². The third kappa shape index (κ3) is 4.41. The number of amides is 3. The molecule has 2 aliphatic heterocycles. The van der Waals surface area contributed by atoms with Gasteiger partial charge in [-0.2, -0.15) is 0 Å². The van der Waals surface area contributed by atoms with E-state index in [1.54, 1.807) is 0 Å². The van der Waals surface area contributed by atoms with E-state index in [2.05, 4.69) is 29.0 Å². The summed E-state index contributed by atoms with van der Waals surface area (Å²) in [4.78, 5) is 32.0. The number of halogens is 1. The van der Waals surface area contributed by atoms with Gasteiger partial charge in [0.2, 0.25) is 0 Å². The number of urea groups is 1. The van der Waals surface area contributed by atoms with Crippen molar-refractivity contribution in [2.24, 2.45) is 11.8 Å². The van der Waals surface area contributed by atoms with Crippen molar-refractivity contribution in [3.63, 3.8) is 0 Å². The first-order chi connectivity index (χ1) is 14.9. The fourth-order valence-electron chi connectivity index (χ4n) is 5.28. The van der Waals surface area contributed by atoms with Gasteiger partial charge in [-0.3, -0.25) is 14.6 Å². The van der Waals surface area contributed by atoms with E-state index in [-0.39, 0.29) is 23.8 Å². The molecule has 0 aromatic heterocycles. The van der Waals surface area contributed by atoms with Crippen LogP contribution in [-0.4, -0.2) is 78.2 Å². The Kier molecular flexibility index (Phi) is 6.74. The van der Waals surface area contributed by atoms with E-state index in [0.29, 0.717) is 24.0 Å². The molecule has 2 saturated heterocycles. The number of hydrogen-bond donors (Lipinski definition) is 1. The van der Waals surface area contributed by atoms with E-state index in [4.69, 9.17) is 16.3 Å². The van der Waals surface area contributed by atoms with Gasteiger partial charge in [-0.1, -0.05) is 44.0 Å². The Morgan fingerprint density at radius 1 is 1.06 bits per heavy atom. The van der Waals surface area contributed by atoms with Crippen molar-refractivity contribution in [1.29, 1.82) is 0 Å². The third-order valence-electron chi connectivity index (χ3n) is 7.29. The van der Waals surface area contributed by atoms with Crippen LogP contribution in [0.5, 0.6) is 5.75 Å². The molecule has 31 heavy (non-hydrogen) atoms. The molecule has 3 atom stereocenters. The Morgan fingerprint density at radius 2 is 1.71 bits per heavy atom. The highest BCUT2D eigenvalue weighted by atomic mass is 35.5. The molecule has 1 spiro atoms. The summed E-state index contributed by atoms with van der Waals surface area (Å²) in [5.74, 6) is 1.02. The molecule has 170 valence electrons. The highest BCUT2D eigenvalue weighted by Gasteiger charge is 2.58. The number of benzene rings is 1. The maximum absolute atomic E-state index is 13.3. The lowest BCUT2D eigenvalue weighted by atomic mass is 9.67. The van der Waals surface area contributed by atoms with Crippen LogP contribution in [0.25, 0.3) is 0 Å². The molecule has 3 fully saturated rings. The molecule has 7 nitrogen and oxygen atoms in total. The van der Waals surface area contributed by atoms with Gasteiger partial charge in [0.05, 0.1) is 11.7 Å². The van der Waals surface area contributed by atoms with Gasteiger partial charge in [0, 0.05) is 32.7 Å². The number of carbonyl (C=O) groups excluding carboxylic acids is 2. The molecule has 3 amide bonds. The molecular formula is C23H33ClN4O3. The zero-order chi connectivity index (χ0) is 22.0. The second-order valence-electron chi connectivity index (χ2n) is 9.15. The summed E-state index contributed by atoms with van der Waals surface area (Å²) >= 11 is 6.13. The van der Waals surface area contributed by atoms with E-state index >= 15 is 0 Å². The zero-order valence-electron chi connectivity index (χ0n) is 18.5. The molecule has 2 heterocycles. The number of hydrogen-bond acceptors (Lipinski definition) is 5. The van der Waals surface area contributed by atoms with Crippen molar-refractivity contribution in [2.75, 3.05) is 46.0 Å². The minimum atomic E-state index is -0.715. The van der Waals surface area contributed by atoms with Crippen LogP contribution in [0.2, 0.25) is 5.02 Å². The molecule has 3 aliphatic rings. The molecule has 1 aromatic rings. The topological polar surface area (TPSA) is 65.1 Å². The van der Waals surface area contributed by atoms with Crippen LogP contribution in [0.15, 0.2) is 24.3 Å². The average molecular weight is 449 g/mol. The molecule has 4 rings (SSSR count). The Hall–Kier alpha value is -1.83. The number of para-hydroxylation sites is 1. The van der Waals surface area contributed by atoms with Gasteiger partial charge in [0.1, 0.15) is 17.9 Å². The fraction of sp³-hybridized carbons (Fsp3) is 0.652. The lowest BCUT2D eigenvalue weighted by Gasteiger charge is -2.42. The zero-order valence-corrected chi connectivity index (χ0v) is 19.2. The maximum Gasteiger partial charge on any atom is 0.326 e.